The van der Waals surface area contributed by atoms with Gasteiger partial charge in [-0.3, -0.25) is 14.4 Å². The molecule has 0 heterocycles. The summed E-state index contributed by atoms with van der Waals surface area (Å²) in [6.07, 6.45) is 76.4. The molecule has 0 aromatic rings. The summed E-state index contributed by atoms with van der Waals surface area (Å²) in [5, 5.41) is 0. The predicted octanol–water partition coefficient (Wildman–Crippen LogP) is 19.1. The zero-order valence-corrected chi connectivity index (χ0v) is 44.8. The number of unbranched alkanes of at least 4 members (excludes halogenated alkanes) is 21. The van der Waals surface area contributed by atoms with E-state index in [-0.39, 0.29) is 31.1 Å². The van der Waals surface area contributed by atoms with Crippen LogP contribution in [0.1, 0.15) is 252 Å². The molecule has 0 bridgehead atoms. The molecule has 0 saturated heterocycles. The van der Waals surface area contributed by atoms with E-state index in [1.54, 1.807) is 0 Å². The first-order valence-electron chi connectivity index (χ1n) is 28.4. The molecular formula is C63H104O6. The second kappa shape index (κ2) is 56.7. The minimum absolute atomic E-state index is 0.0944. The average Bonchev–Trinajstić information content (AvgIpc) is 3.35. The van der Waals surface area contributed by atoms with E-state index in [1.807, 2.05) is 0 Å². The molecule has 0 amide bonds. The zero-order valence-electron chi connectivity index (χ0n) is 44.8. The van der Waals surface area contributed by atoms with Crippen LogP contribution in [0.3, 0.4) is 0 Å². The molecule has 0 aromatic carbocycles. The molecule has 392 valence electrons. The van der Waals surface area contributed by atoms with Crippen LogP contribution in [0.15, 0.2) is 109 Å². The van der Waals surface area contributed by atoms with Crippen molar-refractivity contribution in [3.8, 4) is 0 Å². The van der Waals surface area contributed by atoms with Crippen molar-refractivity contribution in [1.29, 1.82) is 0 Å². The van der Waals surface area contributed by atoms with Crippen molar-refractivity contribution in [2.75, 3.05) is 13.2 Å². The van der Waals surface area contributed by atoms with Gasteiger partial charge < -0.3 is 14.2 Å². The van der Waals surface area contributed by atoms with Gasteiger partial charge >= 0.3 is 17.9 Å². The van der Waals surface area contributed by atoms with Crippen molar-refractivity contribution in [3.05, 3.63) is 109 Å². The molecule has 1 atom stereocenters. The Morgan fingerprint density at radius 3 is 0.899 bits per heavy atom. The van der Waals surface area contributed by atoms with Crippen LogP contribution in [0.4, 0.5) is 0 Å². The highest BCUT2D eigenvalue weighted by molar-refractivity contribution is 5.71. The van der Waals surface area contributed by atoms with Gasteiger partial charge in [0, 0.05) is 19.3 Å². The van der Waals surface area contributed by atoms with E-state index in [2.05, 4.69) is 130 Å². The minimum atomic E-state index is -0.798. The van der Waals surface area contributed by atoms with Crippen molar-refractivity contribution >= 4 is 17.9 Å². The Morgan fingerprint density at radius 2 is 0.565 bits per heavy atom. The largest absolute Gasteiger partial charge is 0.462 e. The standard InChI is InChI=1S/C63H104O6/c1-4-7-10-13-16-19-22-25-27-29-31-33-35-38-41-44-47-50-53-56-62(65)68-59-60(58-67-61(64)55-52-49-46-43-40-37-24-21-18-15-12-9-6-3)69-63(66)57-54-51-48-45-42-39-36-34-32-30-28-26-23-20-17-14-11-8-5-2/h7-8,10-11,16-17,19-21,24-28,31-34,60H,4-6,9,12-15,18,22-23,29-30,35-59H2,1-3H3/b10-7-,11-8-,19-16-,20-17-,24-21-,27-25-,28-26-,33-31-,34-32-. The number of esters is 3. The Bertz CT molecular complexity index is 1420. The van der Waals surface area contributed by atoms with Crippen molar-refractivity contribution in [2.45, 2.75) is 258 Å². The summed E-state index contributed by atoms with van der Waals surface area (Å²) >= 11 is 0. The van der Waals surface area contributed by atoms with Crippen molar-refractivity contribution in [1.82, 2.24) is 0 Å². The van der Waals surface area contributed by atoms with E-state index in [4.69, 9.17) is 14.2 Å². The van der Waals surface area contributed by atoms with Crippen LogP contribution in [0.2, 0.25) is 0 Å². The molecule has 0 aliphatic heterocycles. The number of hydrogen-bond donors (Lipinski definition) is 0. The summed E-state index contributed by atoms with van der Waals surface area (Å²) in [5.74, 6) is -0.931. The average molecular weight is 958 g/mol. The maximum atomic E-state index is 12.9. The Kier molecular flexibility index (Phi) is 53.4. The van der Waals surface area contributed by atoms with Gasteiger partial charge in [-0.15, -0.1) is 0 Å². The smallest absolute Gasteiger partial charge is 0.306 e. The van der Waals surface area contributed by atoms with Gasteiger partial charge in [-0.05, 0) is 122 Å². The van der Waals surface area contributed by atoms with Gasteiger partial charge in [0.25, 0.3) is 0 Å². The zero-order chi connectivity index (χ0) is 50.0. The number of carbonyl (C=O) groups excluding carboxylic acids is 3. The summed E-state index contributed by atoms with van der Waals surface area (Å²) in [5.41, 5.74) is 0. The molecule has 0 rings (SSSR count). The topological polar surface area (TPSA) is 78.9 Å². The summed E-state index contributed by atoms with van der Waals surface area (Å²) in [6, 6.07) is 0. The fourth-order valence-corrected chi connectivity index (χ4v) is 7.54. The van der Waals surface area contributed by atoms with Gasteiger partial charge in [-0.2, -0.15) is 0 Å². The van der Waals surface area contributed by atoms with Crippen LogP contribution < -0.4 is 0 Å². The fraction of sp³-hybridized carbons (Fsp3) is 0.667. The van der Waals surface area contributed by atoms with Crippen LogP contribution in [-0.2, 0) is 28.6 Å². The third kappa shape index (κ3) is 54.9. The molecule has 0 aliphatic carbocycles. The lowest BCUT2D eigenvalue weighted by Gasteiger charge is -2.18. The quantitative estimate of drug-likeness (QED) is 0.0262. The molecule has 0 spiro atoms. The van der Waals surface area contributed by atoms with E-state index in [0.717, 1.165) is 141 Å². The van der Waals surface area contributed by atoms with E-state index in [1.165, 1.54) is 70.6 Å². The lowest BCUT2D eigenvalue weighted by atomic mass is 10.1. The molecule has 0 aliphatic rings. The molecule has 6 nitrogen and oxygen atoms in total. The Hall–Kier alpha value is -3.93. The second-order valence-corrected chi connectivity index (χ2v) is 18.4. The number of hydrogen-bond acceptors (Lipinski definition) is 6. The highest BCUT2D eigenvalue weighted by atomic mass is 16.6. The SMILES string of the molecule is CC/C=C\C/C=C\C/C=C\C/C=C\CCCCCCCCC(=O)OCC(COC(=O)CCCCCCC/C=C\CCCCCC)OC(=O)CCCCCCCC/C=C\C/C=C\C/C=C\C/C=C\CC. The summed E-state index contributed by atoms with van der Waals surface area (Å²) in [7, 11) is 0. The molecule has 0 aromatic heterocycles. The highest BCUT2D eigenvalue weighted by Gasteiger charge is 2.19. The third-order valence-electron chi connectivity index (χ3n) is 11.7. The second-order valence-electron chi connectivity index (χ2n) is 18.4. The van der Waals surface area contributed by atoms with Gasteiger partial charge in [-0.25, -0.2) is 0 Å². The van der Waals surface area contributed by atoms with Crippen LogP contribution in [0, 0.1) is 0 Å². The van der Waals surface area contributed by atoms with Crippen molar-refractivity contribution in [2.24, 2.45) is 0 Å². The Balaban J connectivity index is 4.45. The molecule has 69 heavy (non-hydrogen) atoms. The monoisotopic (exact) mass is 957 g/mol. The van der Waals surface area contributed by atoms with E-state index in [9.17, 15) is 14.4 Å². The lowest BCUT2D eigenvalue weighted by molar-refractivity contribution is -0.167. The van der Waals surface area contributed by atoms with Gasteiger partial charge in [0.15, 0.2) is 6.10 Å². The maximum absolute atomic E-state index is 12.9. The predicted molar refractivity (Wildman–Crippen MR) is 297 cm³/mol. The van der Waals surface area contributed by atoms with Gasteiger partial charge in [-0.1, -0.05) is 220 Å². The number of carbonyl (C=O) groups is 3. The molecular weight excluding hydrogens is 853 g/mol. The van der Waals surface area contributed by atoms with E-state index < -0.39 is 6.10 Å². The summed E-state index contributed by atoms with van der Waals surface area (Å²) in [6.45, 7) is 6.37. The normalized spacial score (nSPS) is 12.9. The molecule has 0 N–H and O–H groups in total. The molecule has 0 fully saturated rings. The maximum Gasteiger partial charge on any atom is 0.306 e. The highest BCUT2D eigenvalue weighted by Crippen LogP contribution is 2.14. The van der Waals surface area contributed by atoms with Gasteiger partial charge in [0.1, 0.15) is 13.2 Å². The van der Waals surface area contributed by atoms with Crippen LogP contribution in [0.25, 0.3) is 0 Å². The van der Waals surface area contributed by atoms with Crippen LogP contribution in [-0.4, -0.2) is 37.2 Å². The van der Waals surface area contributed by atoms with Gasteiger partial charge in [0.05, 0.1) is 0 Å². The Morgan fingerprint density at radius 1 is 0.304 bits per heavy atom. The van der Waals surface area contributed by atoms with E-state index in [0.29, 0.717) is 19.3 Å². The van der Waals surface area contributed by atoms with Crippen molar-refractivity contribution < 1.29 is 28.6 Å². The number of rotatable bonds is 50. The molecule has 1 unspecified atom stereocenters. The molecule has 0 radical (unpaired) electrons. The first-order chi connectivity index (χ1) is 34.0. The van der Waals surface area contributed by atoms with Gasteiger partial charge in [0.2, 0.25) is 0 Å². The fourth-order valence-electron chi connectivity index (χ4n) is 7.54. The van der Waals surface area contributed by atoms with Crippen LogP contribution >= 0.6 is 0 Å². The Labute approximate surface area is 425 Å². The van der Waals surface area contributed by atoms with E-state index >= 15 is 0 Å². The number of allylic oxidation sites excluding steroid dienone is 18. The lowest BCUT2D eigenvalue weighted by Crippen LogP contribution is -2.30. The first-order valence-corrected chi connectivity index (χ1v) is 28.4. The number of ether oxygens (including phenoxy) is 3. The summed E-state index contributed by atoms with van der Waals surface area (Å²) < 4.78 is 16.8. The van der Waals surface area contributed by atoms with Crippen molar-refractivity contribution in [3.63, 3.8) is 0 Å². The van der Waals surface area contributed by atoms with Crippen LogP contribution in [0.5, 0.6) is 0 Å². The molecule has 0 saturated carbocycles. The molecule has 6 heteroatoms. The first kappa shape index (κ1) is 65.1. The minimum Gasteiger partial charge on any atom is -0.462 e. The third-order valence-corrected chi connectivity index (χ3v) is 11.7. The summed E-state index contributed by atoms with van der Waals surface area (Å²) in [4.78, 5) is 38.2.